The van der Waals surface area contributed by atoms with Crippen molar-refractivity contribution in [2.24, 2.45) is 5.10 Å². The van der Waals surface area contributed by atoms with Gasteiger partial charge >= 0.3 is 0 Å². The first kappa shape index (κ1) is 16.6. The number of carbonyl (C=O) groups is 1. The molecule has 1 aliphatic heterocycles. The van der Waals surface area contributed by atoms with Crippen LogP contribution in [0.2, 0.25) is 10.0 Å². The second-order valence-electron chi connectivity index (χ2n) is 5.09. The Kier molecular flexibility index (Phi) is 4.92. The number of hydrogen-bond acceptors (Lipinski definition) is 4. The van der Waals surface area contributed by atoms with Gasteiger partial charge in [0, 0.05) is 11.9 Å². The maximum absolute atomic E-state index is 11.8. The predicted molar refractivity (Wildman–Crippen MR) is 92.3 cm³/mol. The minimum atomic E-state index is -0.663. The van der Waals surface area contributed by atoms with Crippen LogP contribution in [-0.2, 0) is 9.53 Å². The van der Waals surface area contributed by atoms with E-state index in [0.717, 1.165) is 0 Å². The number of halogens is 2. The van der Waals surface area contributed by atoms with Crippen LogP contribution in [0.25, 0.3) is 0 Å². The topological polar surface area (TPSA) is 51.1 Å². The van der Waals surface area contributed by atoms with E-state index in [1.807, 2.05) is 12.1 Å². The molecule has 0 fully saturated rings. The standard InChI is InChI=1S/C17H14Cl2N2O3/c1-11(22)21-16(10-23-13-8-6-12(18)7-9-13)24-17(20-21)14-4-2-3-5-15(14)19/h2-9,16H,10H2,1H3/t16-/m1/s1. The van der Waals surface area contributed by atoms with Gasteiger partial charge in [-0.05, 0) is 36.4 Å². The summed E-state index contributed by atoms with van der Waals surface area (Å²) in [6, 6.07) is 14.1. The van der Waals surface area contributed by atoms with Crippen molar-refractivity contribution in [3.05, 3.63) is 64.1 Å². The van der Waals surface area contributed by atoms with Crippen molar-refractivity contribution in [1.82, 2.24) is 5.01 Å². The molecule has 5 nitrogen and oxygen atoms in total. The number of nitrogens with zero attached hydrogens (tertiary/aromatic N) is 2. The fourth-order valence-corrected chi connectivity index (χ4v) is 2.54. The minimum absolute atomic E-state index is 0.124. The van der Waals surface area contributed by atoms with Crippen LogP contribution in [0.5, 0.6) is 5.75 Å². The highest BCUT2D eigenvalue weighted by molar-refractivity contribution is 6.33. The molecule has 0 bridgehead atoms. The Hall–Kier alpha value is -2.24. The molecule has 2 aromatic carbocycles. The molecule has 1 aliphatic rings. The third kappa shape index (κ3) is 3.63. The third-order valence-electron chi connectivity index (χ3n) is 3.35. The van der Waals surface area contributed by atoms with Crippen LogP contribution >= 0.6 is 23.2 Å². The quantitative estimate of drug-likeness (QED) is 0.825. The van der Waals surface area contributed by atoms with Gasteiger partial charge in [-0.25, -0.2) is 0 Å². The third-order valence-corrected chi connectivity index (χ3v) is 3.93. The first-order chi connectivity index (χ1) is 11.5. The summed E-state index contributed by atoms with van der Waals surface area (Å²) >= 11 is 12.0. The molecule has 0 saturated heterocycles. The second kappa shape index (κ2) is 7.11. The van der Waals surface area contributed by atoms with E-state index >= 15 is 0 Å². The Labute approximate surface area is 149 Å². The lowest BCUT2D eigenvalue weighted by molar-refractivity contribution is -0.136. The fraction of sp³-hybridized carbons (Fsp3) is 0.176. The van der Waals surface area contributed by atoms with Gasteiger partial charge in [0.15, 0.2) is 0 Å². The molecule has 0 spiro atoms. The van der Waals surface area contributed by atoms with E-state index in [1.165, 1.54) is 11.9 Å². The number of amides is 1. The summed E-state index contributed by atoms with van der Waals surface area (Å²) in [6.07, 6.45) is -0.663. The number of hydrazone groups is 1. The van der Waals surface area contributed by atoms with Gasteiger partial charge in [-0.3, -0.25) is 4.79 Å². The Morgan fingerprint density at radius 3 is 2.58 bits per heavy atom. The largest absolute Gasteiger partial charge is 0.488 e. The molecule has 2 aromatic rings. The van der Waals surface area contributed by atoms with E-state index in [4.69, 9.17) is 32.7 Å². The Morgan fingerprint density at radius 1 is 1.21 bits per heavy atom. The van der Waals surface area contributed by atoms with Crippen molar-refractivity contribution in [2.75, 3.05) is 6.61 Å². The molecule has 0 aromatic heterocycles. The molecular weight excluding hydrogens is 351 g/mol. The molecule has 7 heteroatoms. The molecule has 3 rings (SSSR count). The molecule has 0 radical (unpaired) electrons. The van der Waals surface area contributed by atoms with Gasteiger partial charge in [-0.1, -0.05) is 35.3 Å². The zero-order valence-corrected chi connectivity index (χ0v) is 14.3. The Bertz CT molecular complexity index is 778. The van der Waals surface area contributed by atoms with Crippen molar-refractivity contribution in [1.29, 1.82) is 0 Å². The van der Waals surface area contributed by atoms with Crippen molar-refractivity contribution >= 4 is 35.0 Å². The molecule has 24 heavy (non-hydrogen) atoms. The number of hydrogen-bond donors (Lipinski definition) is 0. The maximum Gasteiger partial charge on any atom is 0.243 e. The Balaban J connectivity index is 1.73. The molecule has 0 unspecified atom stereocenters. The molecule has 0 aliphatic carbocycles. The van der Waals surface area contributed by atoms with Crippen molar-refractivity contribution in [3.63, 3.8) is 0 Å². The summed E-state index contributed by atoms with van der Waals surface area (Å²) in [4.78, 5) is 11.8. The summed E-state index contributed by atoms with van der Waals surface area (Å²) in [7, 11) is 0. The van der Waals surface area contributed by atoms with Crippen LogP contribution in [-0.4, -0.2) is 29.6 Å². The van der Waals surface area contributed by atoms with Crippen LogP contribution in [0, 0.1) is 0 Å². The van der Waals surface area contributed by atoms with E-state index in [9.17, 15) is 4.79 Å². The molecule has 0 N–H and O–H groups in total. The maximum atomic E-state index is 11.8. The zero-order valence-electron chi connectivity index (χ0n) is 12.8. The fourth-order valence-electron chi connectivity index (χ4n) is 2.19. The van der Waals surface area contributed by atoms with E-state index in [0.29, 0.717) is 27.3 Å². The lowest BCUT2D eigenvalue weighted by Crippen LogP contribution is -2.36. The van der Waals surface area contributed by atoms with E-state index in [1.54, 1.807) is 36.4 Å². The Morgan fingerprint density at radius 2 is 1.92 bits per heavy atom. The number of rotatable bonds is 4. The smallest absolute Gasteiger partial charge is 0.243 e. The van der Waals surface area contributed by atoms with E-state index in [2.05, 4.69) is 5.10 Å². The first-order valence-electron chi connectivity index (χ1n) is 7.23. The summed E-state index contributed by atoms with van der Waals surface area (Å²) in [6.45, 7) is 1.54. The van der Waals surface area contributed by atoms with Crippen LogP contribution in [0.1, 0.15) is 12.5 Å². The molecule has 124 valence electrons. The molecule has 1 heterocycles. The molecule has 1 atom stereocenters. The lowest BCUT2D eigenvalue weighted by Gasteiger charge is -2.19. The monoisotopic (exact) mass is 364 g/mol. The lowest BCUT2D eigenvalue weighted by atomic mass is 10.2. The SMILES string of the molecule is CC(=O)N1N=C(c2ccccc2Cl)O[C@@H]1COc1ccc(Cl)cc1. The zero-order chi connectivity index (χ0) is 17.1. The normalized spacial score (nSPS) is 16.5. The average Bonchev–Trinajstić information content (AvgIpc) is 2.99. The van der Waals surface area contributed by atoms with Crippen molar-refractivity contribution in [2.45, 2.75) is 13.2 Å². The number of carbonyl (C=O) groups excluding carboxylic acids is 1. The van der Waals surface area contributed by atoms with Crippen LogP contribution in [0.15, 0.2) is 53.6 Å². The van der Waals surface area contributed by atoms with Gasteiger partial charge in [0.1, 0.15) is 12.4 Å². The van der Waals surface area contributed by atoms with Crippen molar-refractivity contribution in [3.8, 4) is 5.75 Å². The minimum Gasteiger partial charge on any atom is -0.488 e. The number of ether oxygens (including phenoxy) is 2. The summed E-state index contributed by atoms with van der Waals surface area (Å²) < 4.78 is 11.4. The summed E-state index contributed by atoms with van der Waals surface area (Å²) in [5.41, 5.74) is 0.624. The van der Waals surface area contributed by atoms with Gasteiger partial charge < -0.3 is 9.47 Å². The van der Waals surface area contributed by atoms with Gasteiger partial charge in [-0.2, -0.15) is 5.01 Å². The summed E-state index contributed by atoms with van der Waals surface area (Å²) in [5, 5.41) is 6.58. The average molecular weight is 365 g/mol. The van der Waals surface area contributed by atoms with Crippen LogP contribution in [0.4, 0.5) is 0 Å². The second-order valence-corrected chi connectivity index (χ2v) is 5.93. The first-order valence-corrected chi connectivity index (χ1v) is 7.98. The molecule has 0 saturated carbocycles. The van der Waals surface area contributed by atoms with Crippen LogP contribution < -0.4 is 4.74 Å². The van der Waals surface area contributed by atoms with E-state index in [-0.39, 0.29) is 12.5 Å². The molecular formula is C17H14Cl2N2O3. The van der Waals surface area contributed by atoms with Gasteiger partial charge in [0.05, 0.1) is 10.6 Å². The van der Waals surface area contributed by atoms with Gasteiger partial charge in [0.2, 0.25) is 18.0 Å². The van der Waals surface area contributed by atoms with Crippen LogP contribution in [0.3, 0.4) is 0 Å². The predicted octanol–water partition coefficient (Wildman–Crippen LogP) is 3.94. The van der Waals surface area contributed by atoms with Gasteiger partial charge in [0.25, 0.3) is 0 Å². The highest BCUT2D eigenvalue weighted by atomic mass is 35.5. The van der Waals surface area contributed by atoms with Gasteiger partial charge in [-0.15, -0.1) is 5.10 Å². The van der Waals surface area contributed by atoms with E-state index < -0.39 is 6.23 Å². The summed E-state index contributed by atoms with van der Waals surface area (Å²) in [5.74, 6) is 0.667. The number of benzene rings is 2. The highest BCUT2D eigenvalue weighted by Gasteiger charge is 2.33. The highest BCUT2D eigenvalue weighted by Crippen LogP contribution is 2.24. The molecule has 1 amide bonds. The van der Waals surface area contributed by atoms with Crippen molar-refractivity contribution < 1.29 is 14.3 Å².